The van der Waals surface area contributed by atoms with Crippen molar-refractivity contribution in [3.8, 4) is 0 Å². The standard InChI is InChI=1S/C23H24N4O4/c1-31-23(30)16-11-13-26(14-12-16)20-15-21(28)27(22(20)29)19-9-7-18(8-10-19)25-24-17-5-3-2-4-6-17/h2-10,16,20H,11-15H2,1H3/t20-/m1/s1. The summed E-state index contributed by atoms with van der Waals surface area (Å²) in [5.74, 6) is -0.786. The molecule has 0 saturated carbocycles. The molecule has 0 bridgehead atoms. The fourth-order valence-corrected chi connectivity index (χ4v) is 4.06. The third-order valence-electron chi connectivity index (χ3n) is 5.77. The SMILES string of the molecule is COC(=O)C1CCN([C@@H]2CC(=O)N(c3ccc(N=Nc4ccccc4)cc3)C2=O)CC1. The molecule has 0 aliphatic carbocycles. The number of imide groups is 1. The van der Waals surface area contributed by atoms with Gasteiger partial charge < -0.3 is 4.74 Å². The Balaban J connectivity index is 1.41. The molecule has 2 saturated heterocycles. The first kappa shape index (κ1) is 20.9. The Morgan fingerprint density at radius 3 is 2.16 bits per heavy atom. The normalized spacial score (nSPS) is 20.5. The van der Waals surface area contributed by atoms with Gasteiger partial charge in [0.1, 0.15) is 0 Å². The smallest absolute Gasteiger partial charge is 0.308 e. The number of methoxy groups -OCH3 is 1. The maximum absolute atomic E-state index is 13.0. The van der Waals surface area contributed by atoms with E-state index < -0.39 is 6.04 Å². The van der Waals surface area contributed by atoms with E-state index in [9.17, 15) is 14.4 Å². The van der Waals surface area contributed by atoms with Crippen LogP contribution in [0.5, 0.6) is 0 Å². The van der Waals surface area contributed by atoms with Gasteiger partial charge in [-0.25, -0.2) is 4.90 Å². The first-order chi connectivity index (χ1) is 15.1. The summed E-state index contributed by atoms with van der Waals surface area (Å²) in [5.41, 5.74) is 1.91. The van der Waals surface area contributed by atoms with E-state index in [2.05, 4.69) is 10.2 Å². The number of carbonyl (C=O) groups excluding carboxylic acids is 3. The Morgan fingerprint density at radius 1 is 0.935 bits per heavy atom. The van der Waals surface area contributed by atoms with E-state index in [4.69, 9.17) is 4.74 Å². The summed E-state index contributed by atoms with van der Waals surface area (Å²) < 4.78 is 4.81. The van der Waals surface area contributed by atoms with Crippen LogP contribution in [0.4, 0.5) is 17.1 Å². The quantitative estimate of drug-likeness (QED) is 0.419. The lowest BCUT2D eigenvalue weighted by Crippen LogP contribution is -2.46. The van der Waals surface area contributed by atoms with E-state index in [0.717, 1.165) is 5.69 Å². The number of rotatable bonds is 5. The molecule has 2 fully saturated rings. The Bertz CT molecular complexity index is 982. The molecule has 8 nitrogen and oxygen atoms in total. The van der Waals surface area contributed by atoms with E-state index in [1.54, 1.807) is 24.3 Å². The lowest BCUT2D eigenvalue weighted by Gasteiger charge is -2.33. The summed E-state index contributed by atoms with van der Waals surface area (Å²) in [6.07, 6.45) is 1.41. The molecule has 0 spiro atoms. The molecule has 2 aromatic rings. The zero-order chi connectivity index (χ0) is 21.8. The summed E-state index contributed by atoms with van der Waals surface area (Å²) >= 11 is 0. The highest BCUT2D eigenvalue weighted by Gasteiger charge is 2.43. The van der Waals surface area contributed by atoms with Gasteiger partial charge in [-0.1, -0.05) is 18.2 Å². The molecule has 4 rings (SSSR count). The number of piperidine rings is 1. The minimum atomic E-state index is -0.483. The van der Waals surface area contributed by atoms with Gasteiger partial charge in [-0.3, -0.25) is 19.3 Å². The van der Waals surface area contributed by atoms with E-state index in [-0.39, 0.29) is 30.1 Å². The molecule has 0 N–H and O–H groups in total. The van der Waals surface area contributed by atoms with Gasteiger partial charge in [-0.2, -0.15) is 10.2 Å². The maximum atomic E-state index is 13.0. The lowest BCUT2D eigenvalue weighted by atomic mass is 9.95. The summed E-state index contributed by atoms with van der Waals surface area (Å²) in [6.45, 7) is 1.19. The second-order valence-electron chi connectivity index (χ2n) is 7.67. The van der Waals surface area contributed by atoms with Crippen molar-refractivity contribution >= 4 is 34.8 Å². The monoisotopic (exact) mass is 420 g/mol. The van der Waals surface area contributed by atoms with Crippen LogP contribution in [-0.2, 0) is 19.1 Å². The molecule has 8 heteroatoms. The second-order valence-corrected chi connectivity index (χ2v) is 7.67. The molecular weight excluding hydrogens is 396 g/mol. The van der Waals surface area contributed by atoms with Gasteiger partial charge >= 0.3 is 5.97 Å². The summed E-state index contributed by atoms with van der Waals surface area (Å²) in [5, 5.41) is 8.36. The highest BCUT2D eigenvalue weighted by molar-refractivity contribution is 6.22. The third-order valence-corrected chi connectivity index (χ3v) is 5.77. The number of anilines is 1. The molecule has 2 amide bonds. The fourth-order valence-electron chi connectivity index (χ4n) is 4.06. The molecule has 2 aromatic carbocycles. The minimum absolute atomic E-state index is 0.137. The van der Waals surface area contributed by atoms with E-state index >= 15 is 0 Å². The topological polar surface area (TPSA) is 91.6 Å². The first-order valence-corrected chi connectivity index (χ1v) is 10.3. The zero-order valence-electron chi connectivity index (χ0n) is 17.3. The molecule has 160 valence electrons. The number of likely N-dealkylation sites (tertiary alicyclic amines) is 1. The number of esters is 1. The van der Waals surface area contributed by atoms with Gasteiger partial charge in [-0.15, -0.1) is 0 Å². The number of amides is 2. The number of nitrogens with zero attached hydrogens (tertiary/aromatic N) is 4. The molecule has 0 unspecified atom stereocenters. The van der Waals surface area contributed by atoms with Crippen LogP contribution in [0.15, 0.2) is 64.8 Å². The Kier molecular flexibility index (Phi) is 6.18. The largest absolute Gasteiger partial charge is 0.469 e. The van der Waals surface area contributed by atoms with Crippen LogP contribution in [-0.4, -0.2) is 48.9 Å². The lowest BCUT2D eigenvalue weighted by molar-refractivity contribution is -0.147. The summed E-state index contributed by atoms with van der Waals surface area (Å²) in [7, 11) is 1.39. The highest BCUT2D eigenvalue weighted by atomic mass is 16.5. The number of ether oxygens (including phenoxy) is 1. The minimum Gasteiger partial charge on any atom is -0.469 e. The number of hydrogen-bond donors (Lipinski definition) is 0. The predicted molar refractivity (Wildman–Crippen MR) is 114 cm³/mol. The van der Waals surface area contributed by atoms with Gasteiger partial charge in [0, 0.05) is 0 Å². The molecule has 1 atom stereocenters. The Labute approximate surface area is 180 Å². The van der Waals surface area contributed by atoms with Crippen molar-refractivity contribution in [2.45, 2.75) is 25.3 Å². The molecular formula is C23H24N4O4. The molecule has 2 aliphatic rings. The Morgan fingerprint density at radius 2 is 1.55 bits per heavy atom. The fraction of sp³-hybridized carbons (Fsp3) is 0.348. The van der Waals surface area contributed by atoms with Crippen LogP contribution in [0.1, 0.15) is 19.3 Å². The van der Waals surface area contributed by atoms with E-state index in [1.165, 1.54) is 12.0 Å². The van der Waals surface area contributed by atoms with E-state index in [1.807, 2.05) is 35.2 Å². The second kappa shape index (κ2) is 9.18. The molecule has 0 aromatic heterocycles. The van der Waals surface area contributed by atoms with Crippen molar-refractivity contribution in [1.29, 1.82) is 0 Å². The first-order valence-electron chi connectivity index (χ1n) is 10.3. The van der Waals surface area contributed by atoms with Crippen LogP contribution in [0.2, 0.25) is 0 Å². The predicted octanol–water partition coefficient (Wildman–Crippen LogP) is 3.62. The number of hydrogen-bond acceptors (Lipinski definition) is 7. The summed E-state index contributed by atoms with van der Waals surface area (Å²) in [4.78, 5) is 40.6. The summed E-state index contributed by atoms with van der Waals surface area (Å²) in [6, 6.07) is 15.8. The van der Waals surface area contributed by atoms with Gasteiger partial charge in [0.2, 0.25) is 5.91 Å². The van der Waals surface area contributed by atoms with Crippen LogP contribution < -0.4 is 4.90 Å². The average molecular weight is 420 g/mol. The van der Waals surface area contributed by atoms with Gasteiger partial charge in [0.15, 0.2) is 0 Å². The van der Waals surface area contributed by atoms with Gasteiger partial charge in [0.05, 0.1) is 42.6 Å². The molecule has 2 heterocycles. The van der Waals surface area contributed by atoms with Gasteiger partial charge in [0.25, 0.3) is 5.91 Å². The third kappa shape index (κ3) is 4.54. The number of azo groups is 1. The molecule has 0 radical (unpaired) electrons. The van der Waals surface area contributed by atoms with Crippen molar-refractivity contribution in [3.63, 3.8) is 0 Å². The van der Waals surface area contributed by atoms with Crippen molar-refractivity contribution < 1.29 is 19.1 Å². The van der Waals surface area contributed by atoms with Crippen molar-refractivity contribution in [2.24, 2.45) is 16.1 Å². The van der Waals surface area contributed by atoms with Crippen LogP contribution >= 0.6 is 0 Å². The zero-order valence-corrected chi connectivity index (χ0v) is 17.3. The molecule has 2 aliphatic heterocycles. The number of benzene rings is 2. The van der Waals surface area contributed by atoms with Crippen LogP contribution in [0.25, 0.3) is 0 Å². The highest BCUT2D eigenvalue weighted by Crippen LogP contribution is 2.30. The maximum Gasteiger partial charge on any atom is 0.308 e. The van der Waals surface area contributed by atoms with Gasteiger partial charge in [-0.05, 0) is 62.3 Å². The number of carbonyl (C=O) groups is 3. The van der Waals surface area contributed by atoms with E-state index in [0.29, 0.717) is 37.3 Å². The van der Waals surface area contributed by atoms with Crippen LogP contribution in [0, 0.1) is 5.92 Å². The Hall–Kier alpha value is -3.39. The molecule has 31 heavy (non-hydrogen) atoms. The van der Waals surface area contributed by atoms with Crippen molar-refractivity contribution in [1.82, 2.24) is 4.90 Å². The van der Waals surface area contributed by atoms with Crippen LogP contribution in [0.3, 0.4) is 0 Å². The average Bonchev–Trinajstić information content (AvgIpc) is 3.12. The van der Waals surface area contributed by atoms with Crippen molar-refractivity contribution in [2.75, 3.05) is 25.1 Å². The van der Waals surface area contributed by atoms with Crippen molar-refractivity contribution in [3.05, 3.63) is 54.6 Å².